The summed E-state index contributed by atoms with van der Waals surface area (Å²) >= 11 is 0. The first kappa shape index (κ1) is 20.1. The molecule has 0 aliphatic heterocycles. The molecule has 6 heteroatoms. The molecule has 2 amide bonds. The van der Waals surface area contributed by atoms with Gasteiger partial charge in [-0.3, -0.25) is 9.59 Å². The largest absolute Gasteiger partial charge is 0.347 e. The van der Waals surface area contributed by atoms with Gasteiger partial charge in [0.05, 0.1) is 17.9 Å². The maximum absolute atomic E-state index is 12.5. The smallest absolute Gasteiger partial charge is 0.242 e. The molecule has 1 aliphatic carbocycles. The second-order valence-corrected chi connectivity index (χ2v) is 7.80. The molecule has 1 saturated carbocycles. The van der Waals surface area contributed by atoms with Crippen LogP contribution in [-0.4, -0.2) is 40.1 Å². The maximum Gasteiger partial charge on any atom is 0.242 e. The molecule has 1 aliphatic rings. The summed E-state index contributed by atoms with van der Waals surface area (Å²) in [7, 11) is 1.77. The van der Waals surface area contributed by atoms with E-state index in [-0.39, 0.29) is 24.3 Å². The Balaban J connectivity index is 1.65. The van der Waals surface area contributed by atoms with Crippen LogP contribution >= 0.6 is 0 Å². The summed E-state index contributed by atoms with van der Waals surface area (Å²) in [5.74, 6) is 0.00251. The van der Waals surface area contributed by atoms with Crippen molar-refractivity contribution < 1.29 is 9.59 Å². The van der Waals surface area contributed by atoms with Gasteiger partial charge in [-0.15, -0.1) is 0 Å². The van der Waals surface area contributed by atoms with Gasteiger partial charge in [0.1, 0.15) is 0 Å². The van der Waals surface area contributed by atoms with Crippen molar-refractivity contribution in [1.82, 2.24) is 20.0 Å². The van der Waals surface area contributed by atoms with E-state index in [9.17, 15) is 9.59 Å². The lowest BCUT2D eigenvalue weighted by atomic mass is 10.1. The summed E-state index contributed by atoms with van der Waals surface area (Å²) in [5.41, 5.74) is 5.18. The van der Waals surface area contributed by atoms with Crippen LogP contribution in [0, 0.1) is 26.7 Å². The van der Waals surface area contributed by atoms with Crippen LogP contribution in [0.25, 0.3) is 5.69 Å². The predicted molar refractivity (Wildman–Crippen MR) is 109 cm³/mol. The Morgan fingerprint density at radius 1 is 1.18 bits per heavy atom. The first-order chi connectivity index (χ1) is 13.4. The van der Waals surface area contributed by atoms with Crippen LogP contribution in [-0.2, 0) is 16.1 Å². The molecule has 0 radical (unpaired) electrons. The Kier molecular flexibility index (Phi) is 6.17. The average molecular weight is 383 g/mol. The molecule has 3 rings (SSSR count). The van der Waals surface area contributed by atoms with Gasteiger partial charge in [0.15, 0.2) is 0 Å². The fraction of sp³-hybridized carbons (Fsp3) is 0.500. The van der Waals surface area contributed by atoms with Gasteiger partial charge in [0, 0.05) is 30.8 Å². The van der Waals surface area contributed by atoms with E-state index in [2.05, 4.69) is 23.4 Å². The number of hydrogen-bond donors (Lipinski definition) is 1. The summed E-state index contributed by atoms with van der Waals surface area (Å²) in [5, 5.41) is 7.50. The Hall–Kier alpha value is -2.63. The average Bonchev–Trinajstić information content (AvgIpc) is 3.30. The quantitative estimate of drug-likeness (QED) is 0.835. The van der Waals surface area contributed by atoms with Crippen LogP contribution < -0.4 is 5.32 Å². The Bertz CT molecular complexity index is 865. The van der Waals surface area contributed by atoms with Gasteiger partial charge < -0.3 is 10.2 Å². The van der Waals surface area contributed by atoms with Crippen molar-refractivity contribution in [1.29, 1.82) is 0 Å². The molecule has 6 nitrogen and oxygen atoms in total. The lowest BCUT2D eigenvalue weighted by Gasteiger charge is -2.19. The highest BCUT2D eigenvalue weighted by Crippen LogP contribution is 2.24. The first-order valence-electron chi connectivity index (χ1n) is 10.0. The van der Waals surface area contributed by atoms with Crippen molar-refractivity contribution >= 4 is 11.8 Å². The number of benzene rings is 1. The van der Waals surface area contributed by atoms with Crippen LogP contribution in [0.4, 0.5) is 0 Å². The molecule has 1 heterocycles. The van der Waals surface area contributed by atoms with E-state index in [1.165, 1.54) is 0 Å². The molecule has 28 heavy (non-hydrogen) atoms. The van der Waals surface area contributed by atoms with Crippen molar-refractivity contribution in [3.63, 3.8) is 0 Å². The summed E-state index contributed by atoms with van der Waals surface area (Å²) in [6.45, 7) is 6.59. The van der Waals surface area contributed by atoms with Gasteiger partial charge in [-0.25, -0.2) is 4.68 Å². The third-order valence-electron chi connectivity index (χ3n) is 5.75. The molecule has 2 aromatic rings. The van der Waals surface area contributed by atoms with E-state index in [0.717, 1.165) is 53.9 Å². The van der Waals surface area contributed by atoms with Crippen molar-refractivity contribution in [2.24, 2.45) is 5.92 Å². The Labute approximate surface area is 166 Å². The highest BCUT2D eigenvalue weighted by molar-refractivity contribution is 5.85. The zero-order valence-electron chi connectivity index (χ0n) is 17.3. The van der Waals surface area contributed by atoms with Gasteiger partial charge in [-0.05, 0) is 45.2 Å². The van der Waals surface area contributed by atoms with E-state index in [1.807, 2.05) is 36.7 Å². The molecular formula is C22H30N4O2. The third kappa shape index (κ3) is 4.26. The molecule has 0 bridgehead atoms. The highest BCUT2D eigenvalue weighted by atomic mass is 16.2. The number of carbonyl (C=O) groups is 2. The number of aryl methyl sites for hydroxylation is 2. The van der Waals surface area contributed by atoms with Crippen molar-refractivity contribution in [3.05, 3.63) is 46.8 Å². The topological polar surface area (TPSA) is 67.2 Å². The minimum atomic E-state index is -0.0891. The fourth-order valence-corrected chi connectivity index (χ4v) is 3.89. The van der Waals surface area contributed by atoms with Crippen LogP contribution in [0.15, 0.2) is 24.3 Å². The van der Waals surface area contributed by atoms with Crippen molar-refractivity contribution in [2.75, 3.05) is 13.6 Å². The van der Waals surface area contributed by atoms with Gasteiger partial charge >= 0.3 is 0 Å². The SMILES string of the molecule is Cc1ccccc1-n1nc(C)c(CN(C)C(=O)CNC(=O)C2CCCC2)c1C. The van der Waals surface area contributed by atoms with Crippen LogP contribution in [0.1, 0.15) is 48.2 Å². The Morgan fingerprint density at radius 2 is 1.86 bits per heavy atom. The number of rotatable bonds is 6. The summed E-state index contributed by atoms with van der Waals surface area (Å²) in [6.07, 6.45) is 4.09. The van der Waals surface area contributed by atoms with Gasteiger partial charge in [-0.2, -0.15) is 5.10 Å². The van der Waals surface area contributed by atoms with E-state index < -0.39 is 0 Å². The third-order valence-corrected chi connectivity index (χ3v) is 5.75. The highest BCUT2D eigenvalue weighted by Gasteiger charge is 2.23. The summed E-state index contributed by atoms with van der Waals surface area (Å²) in [6, 6.07) is 8.12. The zero-order chi connectivity index (χ0) is 20.3. The van der Waals surface area contributed by atoms with Crippen molar-refractivity contribution in [2.45, 2.75) is 53.0 Å². The number of para-hydroxylation sites is 1. The molecule has 150 valence electrons. The minimum absolute atomic E-state index is 0.0129. The molecule has 1 N–H and O–H groups in total. The summed E-state index contributed by atoms with van der Waals surface area (Å²) < 4.78 is 1.94. The monoisotopic (exact) mass is 382 g/mol. The predicted octanol–water partition coefficient (Wildman–Crippen LogP) is 3.06. The van der Waals surface area contributed by atoms with Gasteiger partial charge in [0.25, 0.3) is 0 Å². The molecule has 1 fully saturated rings. The lowest BCUT2D eigenvalue weighted by Crippen LogP contribution is -2.39. The number of amides is 2. The van der Waals surface area contributed by atoms with Gasteiger partial charge in [0.2, 0.25) is 11.8 Å². The molecule has 1 aromatic heterocycles. The fourth-order valence-electron chi connectivity index (χ4n) is 3.89. The molecule has 1 aromatic carbocycles. The van der Waals surface area contributed by atoms with Gasteiger partial charge in [-0.1, -0.05) is 31.0 Å². The second kappa shape index (κ2) is 8.59. The van der Waals surface area contributed by atoms with Crippen LogP contribution in [0.2, 0.25) is 0 Å². The molecule has 0 saturated heterocycles. The maximum atomic E-state index is 12.5. The molecule has 0 atom stereocenters. The molecular weight excluding hydrogens is 352 g/mol. The Morgan fingerprint density at radius 3 is 2.54 bits per heavy atom. The number of nitrogens with zero attached hydrogens (tertiary/aromatic N) is 3. The number of carbonyl (C=O) groups excluding carboxylic acids is 2. The van der Waals surface area contributed by atoms with Crippen LogP contribution in [0.5, 0.6) is 0 Å². The van der Waals surface area contributed by atoms with Crippen molar-refractivity contribution in [3.8, 4) is 5.69 Å². The number of aromatic nitrogens is 2. The standard InChI is InChI=1S/C22H30N4O2/c1-15-9-5-8-12-20(15)26-17(3)19(16(2)24-26)14-25(4)21(27)13-23-22(28)18-10-6-7-11-18/h5,8-9,12,18H,6-7,10-11,13-14H2,1-4H3,(H,23,28). The second-order valence-electron chi connectivity index (χ2n) is 7.80. The lowest BCUT2D eigenvalue weighted by molar-refractivity contribution is -0.133. The minimum Gasteiger partial charge on any atom is -0.347 e. The van der Waals surface area contributed by atoms with E-state index in [4.69, 9.17) is 0 Å². The number of nitrogens with one attached hydrogen (secondary N) is 1. The number of likely N-dealkylation sites (N-methyl/N-ethyl adjacent to an activating group) is 1. The molecule has 0 spiro atoms. The van der Waals surface area contributed by atoms with E-state index in [1.54, 1.807) is 11.9 Å². The van der Waals surface area contributed by atoms with E-state index in [0.29, 0.717) is 6.54 Å². The van der Waals surface area contributed by atoms with Crippen LogP contribution in [0.3, 0.4) is 0 Å². The normalized spacial score (nSPS) is 14.3. The summed E-state index contributed by atoms with van der Waals surface area (Å²) in [4.78, 5) is 26.3. The van der Waals surface area contributed by atoms with E-state index >= 15 is 0 Å². The zero-order valence-corrected chi connectivity index (χ0v) is 17.3. The first-order valence-corrected chi connectivity index (χ1v) is 10.0. The molecule has 0 unspecified atom stereocenters. The number of hydrogen-bond acceptors (Lipinski definition) is 3.